The van der Waals surface area contributed by atoms with Crippen LogP contribution in [0.15, 0.2) is 52.7 Å². The van der Waals surface area contributed by atoms with Crippen LogP contribution >= 0.6 is 11.8 Å². The second kappa shape index (κ2) is 11.9. The van der Waals surface area contributed by atoms with E-state index in [1.54, 1.807) is 18.2 Å². The van der Waals surface area contributed by atoms with Crippen LogP contribution in [0.25, 0.3) is 11.4 Å². The van der Waals surface area contributed by atoms with Crippen molar-refractivity contribution < 1.29 is 14.6 Å². The highest BCUT2D eigenvalue weighted by Gasteiger charge is 2.24. The number of ether oxygens (including phenoxy) is 1. The lowest BCUT2D eigenvalue weighted by Gasteiger charge is -2.25. The molecule has 1 saturated carbocycles. The molecule has 1 heterocycles. The van der Waals surface area contributed by atoms with Gasteiger partial charge >= 0.3 is 0 Å². The highest BCUT2D eigenvalue weighted by molar-refractivity contribution is 7.99. The lowest BCUT2D eigenvalue weighted by atomic mass is 9.95. The second-order valence-electron chi connectivity index (χ2n) is 8.54. The number of aromatic nitrogens is 3. The van der Waals surface area contributed by atoms with Gasteiger partial charge in [0.25, 0.3) is 5.91 Å². The standard InChI is InChI=1S/C26H31N5O3S/c1-3-34-22-11-7-8-20(24(22)33)16-27-28-23(32)17-35-26-30-29-25(19-14-12-18(2)13-15-19)31(26)21-9-5-4-6-10-21/h7-8,11-16,21,33H,3-6,9-10,17H2,1-2H3,(H,28,32). The van der Waals surface area contributed by atoms with Crippen LogP contribution in [-0.4, -0.2) is 44.4 Å². The molecule has 8 nitrogen and oxygen atoms in total. The molecule has 2 N–H and O–H groups in total. The first kappa shape index (κ1) is 24.8. The summed E-state index contributed by atoms with van der Waals surface area (Å²) in [6, 6.07) is 13.8. The Labute approximate surface area is 209 Å². The van der Waals surface area contributed by atoms with Crippen molar-refractivity contribution in [1.82, 2.24) is 20.2 Å². The molecule has 1 aliphatic rings. The summed E-state index contributed by atoms with van der Waals surface area (Å²) in [4.78, 5) is 12.5. The van der Waals surface area contributed by atoms with Gasteiger partial charge in [-0.05, 0) is 38.8 Å². The van der Waals surface area contributed by atoms with Gasteiger partial charge in [-0.1, -0.05) is 66.9 Å². The van der Waals surface area contributed by atoms with E-state index < -0.39 is 0 Å². The average molecular weight is 494 g/mol. The number of carbonyl (C=O) groups is 1. The number of phenolic OH excluding ortho intramolecular Hbond substituents is 1. The summed E-state index contributed by atoms with van der Waals surface area (Å²) in [5, 5.41) is 23.9. The molecule has 9 heteroatoms. The van der Waals surface area contributed by atoms with Gasteiger partial charge in [0.05, 0.1) is 18.6 Å². The Morgan fingerprint density at radius 2 is 1.97 bits per heavy atom. The molecular formula is C26H31N5O3S. The van der Waals surface area contributed by atoms with Crippen molar-refractivity contribution in [2.24, 2.45) is 5.10 Å². The minimum absolute atomic E-state index is 0.00839. The lowest BCUT2D eigenvalue weighted by Crippen LogP contribution is -2.20. The van der Waals surface area contributed by atoms with Crippen LogP contribution in [0, 0.1) is 6.92 Å². The monoisotopic (exact) mass is 493 g/mol. The average Bonchev–Trinajstić information content (AvgIpc) is 3.30. The van der Waals surface area contributed by atoms with Crippen molar-refractivity contribution in [2.45, 2.75) is 57.1 Å². The number of aryl methyl sites for hydroxylation is 1. The van der Waals surface area contributed by atoms with E-state index in [2.05, 4.69) is 56.5 Å². The normalized spacial score (nSPS) is 14.3. The minimum atomic E-state index is -0.262. The van der Waals surface area contributed by atoms with Crippen molar-refractivity contribution in [3.63, 3.8) is 0 Å². The number of phenols is 1. The maximum atomic E-state index is 12.5. The largest absolute Gasteiger partial charge is 0.504 e. The van der Waals surface area contributed by atoms with Gasteiger partial charge in [0.1, 0.15) is 0 Å². The van der Waals surface area contributed by atoms with Gasteiger partial charge in [-0.3, -0.25) is 9.36 Å². The Morgan fingerprint density at radius 1 is 1.20 bits per heavy atom. The van der Waals surface area contributed by atoms with E-state index in [1.165, 1.54) is 42.8 Å². The first-order valence-electron chi connectivity index (χ1n) is 12.0. The minimum Gasteiger partial charge on any atom is -0.504 e. The molecule has 1 fully saturated rings. The van der Waals surface area contributed by atoms with E-state index in [1.807, 2.05) is 6.92 Å². The molecule has 0 radical (unpaired) electrons. The molecule has 0 aliphatic heterocycles. The fourth-order valence-electron chi connectivity index (χ4n) is 4.19. The summed E-state index contributed by atoms with van der Waals surface area (Å²) < 4.78 is 7.59. The third-order valence-electron chi connectivity index (χ3n) is 5.97. The number of benzene rings is 2. The van der Waals surface area contributed by atoms with E-state index in [-0.39, 0.29) is 17.4 Å². The summed E-state index contributed by atoms with van der Waals surface area (Å²) in [6.07, 6.45) is 7.21. The fourth-order valence-corrected chi connectivity index (χ4v) is 4.99. The van der Waals surface area contributed by atoms with E-state index in [9.17, 15) is 9.90 Å². The molecule has 0 bridgehead atoms. The number of carbonyl (C=O) groups excluding carboxylic acids is 1. The maximum absolute atomic E-state index is 12.5. The molecular weight excluding hydrogens is 462 g/mol. The zero-order valence-electron chi connectivity index (χ0n) is 20.1. The van der Waals surface area contributed by atoms with Crippen LogP contribution in [0.2, 0.25) is 0 Å². The van der Waals surface area contributed by atoms with Crippen molar-refractivity contribution in [3.8, 4) is 22.9 Å². The SMILES string of the molecule is CCOc1cccc(C=NNC(=O)CSc2nnc(-c3ccc(C)cc3)n2C2CCCCC2)c1O. The number of nitrogens with zero attached hydrogens (tertiary/aromatic N) is 4. The molecule has 1 amide bonds. The third-order valence-corrected chi connectivity index (χ3v) is 6.91. The predicted molar refractivity (Wildman–Crippen MR) is 138 cm³/mol. The van der Waals surface area contributed by atoms with Crippen LogP contribution in [0.1, 0.15) is 56.2 Å². The number of hydrazone groups is 1. The molecule has 1 aliphatic carbocycles. The highest BCUT2D eigenvalue weighted by Crippen LogP contribution is 2.35. The predicted octanol–water partition coefficient (Wildman–Crippen LogP) is 5.11. The van der Waals surface area contributed by atoms with Crippen LogP contribution in [-0.2, 0) is 4.79 Å². The van der Waals surface area contributed by atoms with Crippen molar-refractivity contribution in [3.05, 3.63) is 53.6 Å². The fraction of sp³-hybridized carbons (Fsp3) is 0.385. The zero-order valence-corrected chi connectivity index (χ0v) is 20.9. The molecule has 4 rings (SSSR count). The number of aromatic hydroxyl groups is 1. The number of rotatable bonds is 9. The van der Waals surface area contributed by atoms with Gasteiger partial charge in [-0.15, -0.1) is 10.2 Å². The number of thioether (sulfide) groups is 1. The Morgan fingerprint density at radius 3 is 2.71 bits per heavy atom. The van der Waals surface area contributed by atoms with E-state index in [0.717, 1.165) is 29.4 Å². The molecule has 35 heavy (non-hydrogen) atoms. The molecule has 3 aromatic rings. The topological polar surface area (TPSA) is 102 Å². The summed E-state index contributed by atoms with van der Waals surface area (Å²) >= 11 is 1.36. The summed E-state index contributed by atoms with van der Waals surface area (Å²) in [5.41, 5.74) is 5.21. The smallest absolute Gasteiger partial charge is 0.250 e. The molecule has 2 aromatic carbocycles. The van der Waals surface area contributed by atoms with E-state index in [0.29, 0.717) is 24.0 Å². The molecule has 0 spiro atoms. The third kappa shape index (κ3) is 6.22. The number of amides is 1. The van der Waals surface area contributed by atoms with Crippen molar-refractivity contribution in [1.29, 1.82) is 0 Å². The summed E-state index contributed by atoms with van der Waals surface area (Å²) in [5.74, 6) is 1.11. The van der Waals surface area contributed by atoms with Gasteiger partial charge in [-0.2, -0.15) is 5.10 Å². The molecule has 1 aromatic heterocycles. The van der Waals surface area contributed by atoms with Gasteiger partial charge in [0.15, 0.2) is 22.5 Å². The van der Waals surface area contributed by atoms with Crippen LogP contribution in [0.5, 0.6) is 11.5 Å². The second-order valence-corrected chi connectivity index (χ2v) is 9.49. The Bertz CT molecular complexity index is 1170. The van der Waals surface area contributed by atoms with Crippen LogP contribution < -0.4 is 10.2 Å². The van der Waals surface area contributed by atoms with Gasteiger partial charge in [-0.25, -0.2) is 5.43 Å². The van der Waals surface area contributed by atoms with Crippen LogP contribution in [0.3, 0.4) is 0 Å². The molecule has 0 saturated heterocycles. The van der Waals surface area contributed by atoms with Gasteiger partial charge in [0.2, 0.25) is 0 Å². The van der Waals surface area contributed by atoms with Crippen molar-refractivity contribution >= 4 is 23.9 Å². The van der Waals surface area contributed by atoms with Crippen molar-refractivity contribution in [2.75, 3.05) is 12.4 Å². The Balaban J connectivity index is 1.43. The Kier molecular flexibility index (Phi) is 8.41. The number of para-hydroxylation sites is 1. The van der Waals surface area contributed by atoms with E-state index >= 15 is 0 Å². The molecule has 0 atom stereocenters. The number of hydrogen-bond donors (Lipinski definition) is 2. The molecule has 184 valence electrons. The highest BCUT2D eigenvalue weighted by atomic mass is 32.2. The summed E-state index contributed by atoms with van der Waals surface area (Å²) in [7, 11) is 0. The maximum Gasteiger partial charge on any atom is 0.250 e. The Hall–Kier alpha value is -3.33. The first-order chi connectivity index (χ1) is 17.1. The molecule has 0 unspecified atom stereocenters. The quantitative estimate of drug-likeness (QED) is 0.244. The number of hydrogen-bond acceptors (Lipinski definition) is 7. The van der Waals surface area contributed by atoms with Gasteiger partial charge in [0, 0.05) is 17.2 Å². The summed E-state index contributed by atoms with van der Waals surface area (Å²) in [6.45, 7) is 4.35. The van der Waals surface area contributed by atoms with E-state index in [4.69, 9.17) is 4.74 Å². The number of nitrogens with one attached hydrogen (secondary N) is 1. The first-order valence-corrected chi connectivity index (χ1v) is 13.0. The lowest BCUT2D eigenvalue weighted by molar-refractivity contribution is -0.118. The van der Waals surface area contributed by atoms with Gasteiger partial charge < -0.3 is 9.84 Å². The van der Waals surface area contributed by atoms with Crippen LogP contribution in [0.4, 0.5) is 0 Å². The zero-order chi connectivity index (χ0) is 24.6.